The van der Waals surface area contributed by atoms with E-state index in [2.05, 4.69) is 42.0 Å². The number of hydrogen-bond acceptors (Lipinski definition) is 5. The SMILES string of the molecule is CCN1C(=O)C=C[C@@]2(C)C1CC[C@H]1[C@@H]3CC[C@H](CC(=O)Nc4ccc(C(=O)NO)cn4)[C@@]3(C)CC[C@@H]12. The van der Waals surface area contributed by atoms with Crippen LogP contribution in [-0.2, 0) is 9.59 Å². The Morgan fingerprint density at radius 3 is 2.64 bits per heavy atom. The zero-order valence-corrected chi connectivity index (χ0v) is 21.5. The third-order valence-corrected chi connectivity index (χ3v) is 10.3. The number of rotatable bonds is 5. The van der Waals surface area contributed by atoms with E-state index < -0.39 is 5.91 Å². The lowest BCUT2D eigenvalue weighted by Gasteiger charge is -2.60. The fourth-order valence-corrected chi connectivity index (χ4v) is 8.50. The van der Waals surface area contributed by atoms with Gasteiger partial charge in [-0.15, -0.1) is 0 Å². The molecule has 7 atom stereocenters. The second-order valence-corrected chi connectivity index (χ2v) is 11.7. The molecule has 194 valence electrons. The maximum absolute atomic E-state index is 13.0. The van der Waals surface area contributed by atoms with Gasteiger partial charge in [0, 0.05) is 30.6 Å². The summed E-state index contributed by atoms with van der Waals surface area (Å²) in [5.74, 6) is 2.06. The van der Waals surface area contributed by atoms with Crippen LogP contribution in [0.25, 0.3) is 0 Å². The Hall–Kier alpha value is -2.74. The highest BCUT2D eigenvalue weighted by molar-refractivity contribution is 5.94. The summed E-state index contributed by atoms with van der Waals surface area (Å²) in [6.45, 7) is 7.65. The van der Waals surface area contributed by atoms with Gasteiger partial charge in [-0.2, -0.15) is 0 Å². The van der Waals surface area contributed by atoms with Gasteiger partial charge < -0.3 is 10.2 Å². The highest BCUT2D eigenvalue weighted by Gasteiger charge is 2.60. The van der Waals surface area contributed by atoms with Gasteiger partial charge >= 0.3 is 0 Å². The second kappa shape index (κ2) is 9.29. The molecule has 4 aliphatic rings. The number of nitrogens with zero attached hydrogens (tertiary/aromatic N) is 2. The number of pyridine rings is 1. The molecule has 8 nitrogen and oxygen atoms in total. The van der Waals surface area contributed by atoms with Crippen LogP contribution < -0.4 is 10.8 Å². The first-order valence-corrected chi connectivity index (χ1v) is 13.4. The maximum atomic E-state index is 13.0. The Kier molecular flexibility index (Phi) is 6.43. The molecule has 0 spiro atoms. The summed E-state index contributed by atoms with van der Waals surface area (Å²) in [5.41, 5.74) is 1.99. The van der Waals surface area contributed by atoms with Crippen molar-refractivity contribution in [2.24, 2.45) is 34.5 Å². The van der Waals surface area contributed by atoms with E-state index in [-0.39, 0.29) is 28.2 Å². The molecule has 3 fully saturated rings. The quantitative estimate of drug-likeness (QED) is 0.420. The number of carbonyl (C=O) groups excluding carboxylic acids is 3. The molecule has 1 aromatic heterocycles. The lowest BCUT2D eigenvalue weighted by Crippen LogP contribution is -2.60. The molecular formula is C28H38N4O4. The molecular weight excluding hydrogens is 456 g/mol. The molecule has 0 aromatic carbocycles. The Morgan fingerprint density at radius 2 is 1.94 bits per heavy atom. The van der Waals surface area contributed by atoms with Crippen LogP contribution in [0.15, 0.2) is 30.5 Å². The smallest absolute Gasteiger partial charge is 0.276 e. The first-order valence-electron chi connectivity index (χ1n) is 13.4. The Bertz CT molecular complexity index is 1070. The van der Waals surface area contributed by atoms with Gasteiger partial charge in [-0.05, 0) is 92.7 Å². The molecule has 3 N–H and O–H groups in total. The minimum Gasteiger partial charge on any atom is -0.336 e. The van der Waals surface area contributed by atoms with Gasteiger partial charge in [0.1, 0.15) is 5.82 Å². The van der Waals surface area contributed by atoms with Gasteiger partial charge in [0.05, 0.1) is 5.56 Å². The summed E-state index contributed by atoms with van der Waals surface area (Å²) in [7, 11) is 0. The molecule has 0 saturated heterocycles. The maximum Gasteiger partial charge on any atom is 0.276 e. The molecule has 3 saturated carbocycles. The number of aromatic nitrogens is 1. The molecule has 2 heterocycles. The third-order valence-electron chi connectivity index (χ3n) is 10.3. The minimum atomic E-state index is -0.637. The van der Waals surface area contributed by atoms with Crippen LogP contribution in [0.1, 0.15) is 76.1 Å². The Morgan fingerprint density at radius 1 is 1.14 bits per heavy atom. The van der Waals surface area contributed by atoms with Gasteiger partial charge in [-0.1, -0.05) is 19.9 Å². The Labute approximate surface area is 212 Å². The Balaban J connectivity index is 1.27. The average molecular weight is 495 g/mol. The topological polar surface area (TPSA) is 112 Å². The molecule has 0 bridgehead atoms. The lowest BCUT2D eigenvalue weighted by atomic mass is 9.47. The highest BCUT2D eigenvalue weighted by Crippen LogP contribution is 2.66. The zero-order valence-electron chi connectivity index (χ0n) is 21.5. The normalized spacial score (nSPS) is 37.1. The number of hydrogen-bond donors (Lipinski definition) is 3. The molecule has 8 heteroatoms. The van der Waals surface area contributed by atoms with E-state index >= 15 is 0 Å². The van der Waals surface area contributed by atoms with Crippen molar-refractivity contribution < 1.29 is 19.6 Å². The average Bonchev–Trinajstić information content (AvgIpc) is 3.20. The molecule has 3 amide bonds. The fourth-order valence-electron chi connectivity index (χ4n) is 8.50. The van der Waals surface area contributed by atoms with E-state index in [1.165, 1.54) is 25.1 Å². The van der Waals surface area contributed by atoms with Gasteiger partial charge in [-0.3, -0.25) is 19.6 Å². The lowest BCUT2D eigenvalue weighted by molar-refractivity contribution is -0.141. The van der Waals surface area contributed by atoms with Crippen molar-refractivity contribution >= 4 is 23.5 Å². The summed E-state index contributed by atoms with van der Waals surface area (Å²) in [6, 6.07) is 3.40. The highest BCUT2D eigenvalue weighted by atomic mass is 16.5. The first-order chi connectivity index (χ1) is 17.2. The molecule has 3 aliphatic carbocycles. The van der Waals surface area contributed by atoms with Crippen molar-refractivity contribution in [1.29, 1.82) is 0 Å². The summed E-state index contributed by atoms with van der Waals surface area (Å²) in [6.07, 6.45) is 12.6. The van der Waals surface area contributed by atoms with E-state index in [4.69, 9.17) is 5.21 Å². The van der Waals surface area contributed by atoms with Gasteiger partial charge in [0.25, 0.3) is 5.91 Å². The predicted molar refractivity (Wildman–Crippen MR) is 135 cm³/mol. The number of fused-ring (bicyclic) bond motifs is 5. The number of nitrogens with one attached hydrogen (secondary N) is 2. The largest absolute Gasteiger partial charge is 0.336 e. The summed E-state index contributed by atoms with van der Waals surface area (Å²) in [4.78, 5) is 43.2. The number of hydroxylamine groups is 1. The molecule has 5 rings (SSSR count). The summed E-state index contributed by atoms with van der Waals surface area (Å²) < 4.78 is 0. The molecule has 1 aliphatic heterocycles. The number of carbonyl (C=O) groups is 3. The number of amides is 3. The molecule has 1 unspecified atom stereocenters. The van der Waals surface area contributed by atoms with E-state index in [9.17, 15) is 14.4 Å². The van der Waals surface area contributed by atoms with E-state index in [0.29, 0.717) is 42.0 Å². The van der Waals surface area contributed by atoms with E-state index in [0.717, 1.165) is 32.2 Å². The van der Waals surface area contributed by atoms with Crippen molar-refractivity contribution in [2.75, 3.05) is 11.9 Å². The minimum absolute atomic E-state index is 0.0361. The number of likely N-dealkylation sites (N-methyl/N-ethyl adjacent to an activating group) is 1. The third kappa shape index (κ3) is 3.94. The first kappa shape index (κ1) is 24.9. The van der Waals surface area contributed by atoms with Crippen LogP contribution in [0, 0.1) is 34.5 Å². The van der Waals surface area contributed by atoms with E-state index in [1.807, 2.05) is 6.08 Å². The van der Waals surface area contributed by atoms with Gasteiger partial charge in [0.15, 0.2) is 0 Å². The zero-order chi connectivity index (χ0) is 25.7. The van der Waals surface area contributed by atoms with Crippen LogP contribution in [0.4, 0.5) is 5.82 Å². The van der Waals surface area contributed by atoms with Crippen LogP contribution in [0.5, 0.6) is 0 Å². The van der Waals surface area contributed by atoms with Crippen LogP contribution in [0.2, 0.25) is 0 Å². The molecule has 0 radical (unpaired) electrons. The number of anilines is 1. The van der Waals surface area contributed by atoms with Crippen LogP contribution in [-0.4, -0.2) is 45.4 Å². The standard InChI is InChI=1S/C28H38N4O4/c1-4-32-22-9-7-19-20-8-6-18(15-24(33)30-23-10-5-17(16-29-23)26(35)31-36)27(20,2)13-11-21(19)28(22,3)14-12-25(32)34/h5,10,12,14,16,18-22,36H,4,6-9,11,13,15H2,1-3H3,(H,31,35)(H,29,30,33)/t18-,19+,20+,21+,22?,27-,28-/m1/s1. The fraction of sp³-hybridized carbons (Fsp3) is 0.643. The van der Waals surface area contributed by atoms with Gasteiger partial charge in [-0.25, -0.2) is 10.5 Å². The van der Waals surface area contributed by atoms with Crippen molar-refractivity contribution in [3.63, 3.8) is 0 Å². The van der Waals surface area contributed by atoms with Gasteiger partial charge in [0.2, 0.25) is 11.8 Å². The van der Waals surface area contributed by atoms with E-state index in [1.54, 1.807) is 11.5 Å². The van der Waals surface area contributed by atoms with Crippen molar-refractivity contribution in [2.45, 2.75) is 71.8 Å². The van der Waals surface area contributed by atoms with Crippen LogP contribution in [0.3, 0.4) is 0 Å². The monoisotopic (exact) mass is 494 g/mol. The summed E-state index contributed by atoms with van der Waals surface area (Å²) >= 11 is 0. The van der Waals surface area contributed by atoms with Crippen molar-refractivity contribution in [1.82, 2.24) is 15.4 Å². The van der Waals surface area contributed by atoms with Crippen molar-refractivity contribution in [3.8, 4) is 0 Å². The summed E-state index contributed by atoms with van der Waals surface area (Å²) in [5, 5.41) is 11.6. The van der Waals surface area contributed by atoms with Crippen molar-refractivity contribution in [3.05, 3.63) is 36.0 Å². The predicted octanol–water partition coefficient (Wildman–Crippen LogP) is 4.17. The van der Waals surface area contributed by atoms with Crippen LogP contribution >= 0.6 is 0 Å². The second-order valence-electron chi connectivity index (χ2n) is 11.7. The molecule has 1 aromatic rings. The molecule has 36 heavy (non-hydrogen) atoms.